The monoisotopic (exact) mass is 263 g/mol. The summed E-state index contributed by atoms with van der Waals surface area (Å²) in [5, 5.41) is 0. The van der Waals surface area contributed by atoms with Gasteiger partial charge in [0.25, 0.3) is 0 Å². The Morgan fingerprint density at radius 1 is 1.37 bits per heavy atom. The molecule has 2 heterocycles. The highest BCUT2D eigenvalue weighted by Crippen LogP contribution is 2.29. The number of nitrogens with zero attached hydrogens (tertiary/aromatic N) is 4. The van der Waals surface area contributed by atoms with Crippen LogP contribution in [-0.4, -0.2) is 26.6 Å². The van der Waals surface area contributed by atoms with Crippen LogP contribution in [0.2, 0.25) is 0 Å². The molecular weight excluding hydrogens is 242 g/mol. The molecule has 0 saturated heterocycles. The molecule has 0 aromatic carbocycles. The third-order valence-electron chi connectivity index (χ3n) is 3.55. The van der Waals surface area contributed by atoms with Crippen molar-refractivity contribution in [3.63, 3.8) is 0 Å². The van der Waals surface area contributed by atoms with Crippen LogP contribution in [0.3, 0.4) is 0 Å². The smallest absolute Gasteiger partial charge is 0.245 e. The Labute approximate surface area is 113 Å². The van der Waals surface area contributed by atoms with E-state index >= 15 is 0 Å². The molecule has 0 spiro atoms. The van der Waals surface area contributed by atoms with E-state index in [1.54, 1.807) is 7.11 Å². The first-order valence-electron chi connectivity index (χ1n) is 6.60. The van der Waals surface area contributed by atoms with E-state index in [1.807, 2.05) is 4.57 Å². The minimum atomic E-state index is 0.250. The number of rotatable bonds is 5. The van der Waals surface area contributed by atoms with Gasteiger partial charge in [0.1, 0.15) is 6.33 Å². The quantitative estimate of drug-likeness (QED) is 0.896. The normalized spacial score (nSPS) is 14.5. The Morgan fingerprint density at radius 2 is 2.11 bits per heavy atom. The molecular formula is C13H21N5O. The summed E-state index contributed by atoms with van der Waals surface area (Å²) in [6.07, 6.45) is 3.67. The van der Waals surface area contributed by atoms with E-state index < -0.39 is 0 Å². The van der Waals surface area contributed by atoms with Gasteiger partial charge >= 0.3 is 0 Å². The maximum atomic E-state index is 6.02. The van der Waals surface area contributed by atoms with Gasteiger partial charge in [0.2, 0.25) is 11.8 Å². The van der Waals surface area contributed by atoms with E-state index in [0.29, 0.717) is 23.3 Å². The van der Waals surface area contributed by atoms with E-state index in [-0.39, 0.29) is 6.04 Å². The van der Waals surface area contributed by atoms with Crippen molar-refractivity contribution in [2.75, 3.05) is 12.8 Å². The fourth-order valence-electron chi connectivity index (χ4n) is 2.34. The number of ether oxygens (including phenoxy) is 1. The number of nitrogens with two attached hydrogens (primary N) is 1. The van der Waals surface area contributed by atoms with Crippen LogP contribution in [0.1, 0.15) is 39.7 Å². The van der Waals surface area contributed by atoms with Gasteiger partial charge in [-0.2, -0.15) is 4.98 Å². The topological polar surface area (TPSA) is 78.9 Å². The largest absolute Gasteiger partial charge is 0.479 e. The van der Waals surface area contributed by atoms with E-state index in [9.17, 15) is 0 Å². The molecule has 2 rings (SSSR count). The van der Waals surface area contributed by atoms with Crippen molar-refractivity contribution in [1.29, 1.82) is 0 Å². The SMILES string of the molecule is CCC(C)CC(C)n1c(N)nc2c(OC)ncnc21. The van der Waals surface area contributed by atoms with Gasteiger partial charge in [0, 0.05) is 6.04 Å². The third kappa shape index (κ3) is 2.47. The Balaban J connectivity index is 2.45. The Kier molecular flexibility index (Phi) is 3.87. The van der Waals surface area contributed by atoms with Crippen LogP contribution < -0.4 is 10.5 Å². The van der Waals surface area contributed by atoms with Gasteiger partial charge in [0.05, 0.1) is 7.11 Å². The summed E-state index contributed by atoms with van der Waals surface area (Å²) in [6, 6.07) is 0.250. The zero-order valence-electron chi connectivity index (χ0n) is 11.9. The molecule has 0 amide bonds. The number of hydrogen-bond acceptors (Lipinski definition) is 5. The average Bonchev–Trinajstić information content (AvgIpc) is 2.74. The van der Waals surface area contributed by atoms with Crippen LogP contribution >= 0.6 is 0 Å². The number of anilines is 1. The zero-order valence-corrected chi connectivity index (χ0v) is 11.9. The molecule has 0 aliphatic rings. The van der Waals surface area contributed by atoms with Crippen LogP contribution in [0.4, 0.5) is 5.95 Å². The van der Waals surface area contributed by atoms with Crippen molar-refractivity contribution in [2.45, 2.75) is 39.7 Å². The van der Waals surface area contributed by atoms with E-state index in [1.165, 1.54) is 6.33 Å². The molecule has 0 bridgehead atoms. The average molecular weight is 263 g/mol. The molecule has 2 aromatic heterocycles. The lowest BCUT2D eigenvalue weighted by molar-refractivity contribution is 0.400. The molecule has 2 unspecified atom stereocenters. The van der Waals surface area contributed by atoms with Crippen molar-refractivity contribution in [2.24, 2.45) is 5.92 Å². The molecule has 19 heavy (non-hydrogen) atoms. The minimum Gasteiger partial charge on any atom is -0.479 e. The predicted molar refractivity (Wildman–Crippen MR) is 75.1 cm³/mol. The molecule has 0 fully saturated rings. The lowest BCUT2D eigenvalue weighted by atomic mass is 10.0. The lowest BCUT2D eigenvalue weighted by Crippen LogP contribution is -2.12. The van der Waals surface area contributed by atoms with E-state index in [4.69, 9.17) is 10.5 Å². The molecule has 6 heteroatoms. The van der Waals surface area contributed by atoms with Crippen LogP contribution in [0.5, 0.6) is 5.88 Å². The molecule has 0 aliphatic carbocycles. The van der Waals surface area contributed by atoms with E-state index in [2.05, 4.69) is 35.7 Å². The first kappa shape index (κ1) is 13.6. The van der Waals surface area contributed by atoms with Gasteiger partial charge in [-0.15, -0.1) is 0 Å². The van der Waals surface area contributed by atoms with Crippen LogP contribution in [0.15, 0.2) is 6.33 Å². The molecule has 0 saturated carbocycles. The zero-order chi connectivity index (χ0) is 14.0. The second kappa shape index (κ2) is 5.42. The van der Waals surface area contributed by atoms with Gasteiger partial charge < -0.3 is 10.5 Å². The highest BCUT2D eigenvalue weighted by molar-refractivity contribution is 5.79. The fraction of sp³-hybridized carbons (Fsp3) is 0.615. The first-order chi connectivity index (χ1) is 9.08. The molecule has 6 nitrogen and oxygen atoms in total. The summed E-state index contributed by atoms with van der Waals surface area (Å²) in [4.78, 5) is 12.7. The third-order valence-corrected chi connectivity index (χ3v) is 3.55. The summed E-state index contributed by atoms with van der Waals surface area (Å²) < 4.78 is 7.16. The molecule has 104 valence electrons. The number of aromatic nitrogens is 4. The molecule has 0 aliphatic heterocycles. The fourth-order valence-corrected chi connectivity index (χ4v) is 2.34. The van der Waals surface area contributed by atoms with Gasteiger partial charge in [-0.05, 0) is 19.3 Å². The Morgan fingerprint density at radius 3 is 2.74 bits per heavy atom. The van der Waals surface area contributed by atoms with Gasteiger partial charge in [-0.1, -0.05) is 20.3 Å². The molecule has 0 radical (unpaired) electrons. The second-order valence-electron chi connectivity index (χ2n) is 4.99. The van der Waals surface area contributed by atoms with Crippen molar-refractivity contribution in [3.8, 4) is 5.88 Å². The molecule has 2 atom stereocenters. The highest BCUT2D eigenvalue weighted by Gasteiger charge is 2.19. The molecule has 2 aromatic rings. The summed E-state index contributed by atoms with van der Waals surface area (Å²) in [7, 11) is 1.57. The van der Waals surface area contributed by atoms with E-state index in [0.717, 1.165) is 18.5 Å². The van der Waals surface area contributed by atoms with Crippen molar-refractivity contribution in [1.82, 2.24) is 19.5 Å². The van der Waals surface area contributed by atoms with Crippen LogP contribution in [-0.2, 0) is 0 Å². The van der Waals surface area contributed by atoms with Gasteiger partial charge in [-0.25, -0.2) is 9.97 Å². The maximum absolute atomic E-state index is 6.02. The summed E-state index contributed by atoms with van der Waals surface area (Å²) in [6.45, 7) is 6.57. The van der Waals surface area contributed by atoms with Crippen LogP contribution in [0.25, 0.3) is 11.2 Å². The Hall–Kier alpha value is -1.85. The number of imidazole rings is 1. The number of nitrogen functional groups attached to an aromatic ring is 1. The standard InChI is InChI=1S/C13H21N5O/c1-5-8(2)6-9(3)18-11-10(17-13(18)14)12(19-4)16-7-15-11/h7-9H,5-6H2,1-4H3,(H2,14,17). The van der Waals surface area contributed by atoms with Crippen molar-refractivity contribution in [3.05, 3.63) is 6.33 Å². The number of fused-ring (bicyclic) bond motifs is 1. The summed E-state index contributed by atoms with van der Waals surface area (Å²) in [5.74, 6) is 1.56. The first-order valence-corrected chi connectivity index (χ1v) is 6.60. The summed E-state index contributed by atoms with van der Waals surface area (Å²) in [5.41, 5.74) is 7.38. The predicted octanol–water partition coefficient (Wildman–Crippen LogP) is 2.41. The maximum Gasteiger partial charge on any atom is 0.245 e. The molecule has 2 N–H and O–H groups in total. The summed E-state index contributed by atoms with van der Waals surface area (Å²) >= 11 is 0. The van der Waals surface area contributed by atoms with Crippen molar-refractivity contribution >= 4 is 17.1 Å². The van der Waals surface area contributed by atoms with Crippen LogP contribution in [0, 0.1) is 5.92 Å². The number of hydrogen-bond donors (Lipinski definition) is 1. The number of methoxy groups -OCH3 is 1. The second-order valence-corrected chi connectivity index (χ2v) is 4.99. The van der Waals surface area contributed by atoms with Crippen molar-refractivity contribution < 1.29 is 4.74 Å². The Bertz CT molecular complexity index is 565. The lowest BCUT2D eigenvalue weighted by Gasteiger charge is -2.18. The van der Waals surface area contributed by atoms with Gasteiger partial charge in [-0.3, -0.25) is 4.57 Å². The van der Waals surface area contributed by atoms with Gasteiger partial charge in [0.15, 0.2) is 11.2 Å². The minimum absolute atomic E-state index is 0.250. The highest BCUT2D eigenvalue weighted by atomic mass is 16.5.